The fraction of sp³-hybridized carbons (Fsp3) is 1.00. The predicted molar refractivity (Wildman–Crippen MR) is 82.6 cm³/mol. The number of piperazine rings is 1. The van der Waals surface area contributed by atoms with Crippen LogP contribution in [0.15, 0.2) is 0 Å². The summed E-state index contributed by atoms with van der Waals surface area (Å²) < 4.78 is 0. The summed E-state index contributed by atoms with van der Waals surface area (Å²) in [6.07, 6.45) is 8.49. The smallest absolute Gasteiger partial charge is 0.0345 e. The van der Waals surface area contributed by atoms with E-state index in [1.54, 1.807) is 0 Å². The molecule has 3 unspecified atom stereocenters. The lowest BCUT2D eigenvalue weighted by Gasteiger charge is -2.38. The summed E-state index contributed by atoms with van der Waals surface area (Å²) in [6, 6.07) is 1.47. The summed E-state index contributed by atoms with van der Waals surface area (Å²) in [7, 11) is 4.52. The quantitative estimate of drug-likeness (QED) is 0.788. The maximum absolute atomic E-state index is 3.86. The van der Waals surface area contributed by atoms with Gasteiger partial charge in [-0.1, -0.05) is 26.2 Å². The highest BCUT2D eigenvalue weighted by atomic mass is 15.3. The predicted octanol–water partition coefficient (Wildman–Crippen LogP) is 2.18. The molecule has 0 bridgehead atoms. The number of rotatable bonds is 4. The van der Waals surface area contributed by atoms with Crippen molar-refractivity contribution < 1.29 is 0 Å². The fourth-order valence-electron chi connectivity index (χ4n) is 3.62. The topological polar surface area (TPSA) is 18.5 Å². The molecule has 112 valence electrons. The average Bonchev–Trinajstić information content (AvgIpc) is 2.65. The van der Waals surface area contributed by atoms with Gasteiger partial charge in [0.05, 0.1) is 0 Å². The molecule has 1 N–H and O–H groups in total. The Labute approximate surface area is 119 Å². The molecule has 2 aliphatic rings. The highest BCUT2D eigenvalue weighted by Gasteiger charge is 2.23. The zero-order chi connectivity index (χ0) is 13.7. The van der Waals surface area contributed by atoms with Gasteiger partial charge in [0.25, 0.3) is 0 Å². The van der Waals surface area contributed by atoms with Crippen molar-refractivity contribution in [3.63, 3.8) is 0 Å². The Morgan fingerprint density at radius 2 is 1.89 bits per heavy atom. The molecule has 0 radical (unpaired) electrons. The number of nitrogens with one attached hydrogen (secondary N) is 1. The Hall–Kier alpha value is -0.120. The monoisotopic (exact) mass is 267 g/mol. The van der Waals surface area contributed by atoms with Gasteiger partial charge in [-0.15, -0.1) is 0 Å². The maximum atomic E-state index is 3.86. The third kappa shape index (κ3) is 4.73. The largest absolute Gasteiger partial charge is 0.312 e. The van der Waals surface area contributed by atoms with Gasteiger partial charge in [0.15, 0.2) is 0 Å². The molecule has 2 rings (SSSR count). The summed E-state index contributed by atoms with van der Waals surface area (Å²) in [5.74, 6) is 0.996. The van der Waals surface area contributed by atoms with Gasteiger partial charge in [0, 0.05) is 38.3 Å². The Balaban J connectivity index is 1.72. The molecule has 1 heterocycles. The maximum Gasteiger partial charge on any atom is 0.0345 e. The Morgan fingerprint density at radius 3 is 2.68 bits per heavy atom. The Bertz CT molecular complexity index is 256. The van der Waals surface area contributed by atoms with E-state index in [1.165, 1.54) is 64.7 Å². The molecule has 1 saturated carbocycles. The van der Waals surface area contributed by atoms with E-state index in [0.29, 0.717) is 6.04 Å². The van der Waals surface area contributed by atoms with E-state index in [1.807, 2.05) is 0 Å². The van der Waals surface area contributed by atoms with E-state index in [4.69, 9.17) is 0 Å². The van der Waals surface area contributed by atoms with E-state index < -0.39 is 0 Å². The first kappa shape index (κ1) is 15.3. The number of likely N-dealkylation sites (N-methyl/N-ethyl adjacent to an activating group) is 2. The van der Waals surface area contributed by atoms with Crippen LogP contribution in [0.25, 0.3) is 0 Å². The van der Waals surface area contributed by atoms with Gasteiger partial charge in [-0.25, -0.2) is 0 Å². The molecule has 3 heteroatoms. The number of nitrogens with zero attached hydrogens (tertiary/aromatic N) is 2. The van der Waals surface area contributed by atoms with Crippen LogP contribution in [0, 0.1) is 5.92 Å². The minimum Gasteiger partial charge on any atom is -0.312 e. The molecule has 0 aromatic rings. The summed E-state index contributed by atoms with van der Waals surface area (Å²) in [6.45, 7) is 7.17. The molecule has 2 fully saturated rings. The summed E-state index contributed by atoms with van der Waals surface area (Å²) in [5, 5.41) is 3.86. The summed E-state index contributed by atoms with van der Waals surface area (Å²) in [4.78, 5) is 4.99. The van der Waals surface area contributed by atoms with Gasteiger partial charge in [0.1, 0.15) is 0 Å². The lowest BCUT2D eigenvalue weighted by molar-refractivity contribution is 0.111. The van der Waals surface area contributed by atoms with Gasteiger partial charge in [-0.2, -0.15) is 0 Å². The van der Waals surface area contributed by atoms with Crippen molar-refractivity contribution in [1.82, 2.24) is 15.1 Å². The summed E-state index contributed by atoms with van der Waals surface area (Å²) >= 11 is 0. The fourth-order valence-corrected chi connectivity index (χ4v) is 3.62. The van der Waals surface area contributed by atoms with Crippen LogP contribution in [-0.4, -0.2) is 62.2 Å². The molecule has 3 atom stereocenters. The van der Waals surface area contributed by atoms with Crippen LogP contribution in [0.5, 0.6) is 0 Å². The van der Waals surface area contributed by atoms with Crippen LogP contribution >= 0.6 is 0 Å². The molecule has 0 aromatic heterocycles. The molecule has 1 aliphatic carbocycles. The highest BCUT2D eigenvalue weighted by molar-refractivity contribution is 4.83. The van der Waals surface area contributed by atoms with E-state index in [-0.39, 0.29) is 0 Å². The van der Waals surface area contributed by atoms with Gasteiger partial charge in [-0.3, -0.25) is 4.90 Å². The molecular formula is C16H33N3. The van der Waals surface area contributed by atoms with Gasteiger partial charge in [-0.05, 0) is 39.3 Å². The van der Waals surface area contributed by atoms with Crippen LogP contribution in [0.1, 0.15) is 45.4 Å². The van der Waals surface area contributed by atoms with Crippen molar-refractivity contribution in [2.45, 2.75) is 57.5 Å². The lowest BCUT2D eigenvalue weighted by atomic mass is 9.98. The molecule has 0 aromatic carbocycles. The normalized spacial score (nSPS) is 35.2. The van der Waals surface area contributed by atoms with Crippen LogP contribution in [0.4, 0.5) is 0 Å². The van der Waals surface area contributed by atoms with Crippen LogP contribution in [-0.2, 0) is 0 Å². The Kier molecular flexibility index (Phi) is 6.11. The lowest BCUT2D eigenvalue weighted by Crippen LogP contribution is -2.54. The Morgan fingerprint density at radius 1 is 1.05 bits per heavy atom. The first-order chi connectivity index (χ1) is 9.19. The standard InChI is InChI=1S/C16H33N3/c1-4-14-6-5-7-15(9-8-14)17-12-16-13-18(2)10-11-19(16)3/h14-17H,4-13H2,1-3H3. The van der Waals surface area contributed by atoms with Gasteiger partial charge in [0.2, 0.25) is 0 Å². The second-order valence-electron chi connectivity index (χ2n) is 6.78. The van der Waals surface area contributed by atoms with Crippen LogP contribution in [0.2, 0.25) is 0 Å². The zero-order valence-electron chi connectivity index (χ0n) is 13.2. The van der Waals surface area contributed by atoms with Crippen molar-refractivity contribution in [3.05, 3.63) is 0 Å². The average molecular weight is 267 g/mol. The van der Waals surface area contributed by atoms with E-state index >= 15 is 0 Å². The van der Waals surface area contributed by atoms with Gasteiger partial charge < -0.3 is 10.2 Å². The SMILES string of the molecule is CCC1CCCC(NCC2CN(C)CCN2C)CC1. The first-order valence-electron chi connectivity index (χ1n) is 8.31. The second kappa shape index (κ2) is 7.61. The van der Waals surface area contributed by atoms with E-state index in [9.17, 15) is 0 Å². The third-order valence-corrected chi connectivity index (χ3v) is 5.29. The minimum atomic E-state index is 0.698. The summed E-state index contributed by atoms with van der Waals surface area (Å²) in [5.41, 5.74) is 0. The minimum absolute atomic E-state index is 0.698. The molecule has 1 saturated heterocycles. The number of hydrogen-bond donors (Lipinski definition) is 1. The van der Waals surface area contributed by atoms with Crippen molar-refractivity contribution >= 4 is 0 Å². The molecule has 0 amide bonds. The number of hydrogen-bond acceptors (Lipinski definition) is 3. The highest BCUT2D eigenvalue weighted by Crippen LogP contribution is 2.25. The van der Waals surface area contributed by atoms with Crippen molar-refractivity contribution in [2.24, 2.45) is 5.92 Å². The molecule has 3 nitrogen and oxygen atoms in total. The molecule has 19 heavy (non-hydrogen) atoms. The van der Waals surface area contributed by atoms with Gasteiger partial charge >= 0.3 is 0 Å². The zero-order valence-corrected chi connectivity index (χ0v) is 13.2. The first-order valence-corrected chi connectivity index (χ1v) is 8.31. The molecule has 0 spiro atoms. The van der Waals surface area contributed by atoms with Crippen molar-refractivity contribution in [1.29, 1.82) is 0 Å². The van der Waals surface area contributed by atoms with Crippen LogP contribution < -0.4 is 5.32 Å². The molecule has 1 aliphatic heterocycles. The third-order valence-electron chi connectivity index (χ3n) is 5.29. The van der Waals surface area contributed by atoms with E-state index in [2.05, 4.69) is 36.1 Å². The van der Waals surface area contributed by atoms with Crippen molar-refractivity contribution in [3.8, 4) is 0 Å². The second-order valence-corrected chi connectivity index (χ2v) is 6.78. The van der Waals surface area contributed by atoms with Crippen molar-refractivity contribution in [2.75, 3.05) is 40.3 Å². The van der Waals surface area contributed by atoms with E-state index in [0.717, 1.165) is 12.0 Å². The van der Waals surface area contributed by atoms with Crippen LogP contribution in [0.3, 0.4) is 0 Å². The molecular weight excluding hydrogens is 234 g/mol.